The normalized spacial score (nSPS) is 15.2. The molecule has 0 heterocycles. The van der Waals surface area contributed by atoms with Crippen LogP contribution in [0.4, 0.5) is 0 Å². The fraction of sp³-hybridized carbons (Fsp3) is 0.775. The first-order chi connectivity index (χ1) is 23.5. The maximum Gasteiger partial charge on any atom is 0.268 e. The molecule has 1 amide bonds. The number of aliphatic hydroxyl groups is 1. The van der Waals surface area contributed by atoms with Gasteiger partial charge in [0.15, 0.2) is 0 Å². The lowest BCUT2D eigenvalue weighted by molar-refractivity contribution is -0.870. The minimum Gasteiger partial charge on any atom is -0.756 e. The molecule has 0 radical (unpaired) electrons. The Morgan fingerprint density at radius 3 is 1.71 bits per heavy atom. The molecule has 0 aromatic heterocycles. The molecule has 0 saturated carbocycles. The minimum atomic E-state index is -4.59. The Hall–Kier alpha value is -1.54. The Bertz CT molecular complexity index is 944. The first-order valence-corrected chi connectivity index (χ1v) is 21.0. The van der Waals surface area contributed by atoms with Crippen molar-refractivity contribution in [3.05, 3.63) is 48.6 Å². The predicted octanol–water partition coefficient (Wildman–Crippen LogP) is 9.50. The standard InChI is InChI=1S/C40H75N2O6P/c1-6-8-10-12-14-16-18-20-21-22-24-26-28-30-32-34-40(44)41-38(37-48-49(45,46)47-36-35-42(3,4)5)39(43)33-31-29-27-25-23-19-17-15-13-11-9-7-2/h13,15-16,18,23,25,31,33,38-39,43H,6-12,14,17,19-22,24,26-30,32,34-37H2,1-5H3,(H-,41,44,45,46)/b15-13+,18-16-,25-23+,33-31+. The molecule has 0 spiro atoms. The van der Waals surface area contributed by atoms with Gasteiger partial charge in [-0.15, -0.1) is 0 Å². The number of aliphatic hydroxyl groups excluding tert-OH is 1. The highest BCUT2D eigenvalue weighted by molar-refractivity contribution is 7.45. The zero-order chi connectivity index (χ0) is 36.5. The van der Waals surface area contributed by atoms with Crippen molar-refractivity contribution in [2.75, 3.05) is 40.9 Å². The van der Waals surface area contributed by atoms with Crippen LogP contribution in [-0.2, 0) is 18.4 Å². The van der Waals surface area contributed by atoms with Gasteiger partial charge in [0.05, 0.1) is 39.9 Å². The molecule has 0 bridgehead atoms. The average Bonchev–Trinajstić information content (AvgIpc) is 3.04. The number of hydrogen-bond donors (Lipinski definition) is 2. The highest BCUT2D eigenvalue weighted by atomic mass is 31.2. The number of phosphoric ester groups is 1. The fourth-order valence-corrected chi connectivity index (χ4v) is 5.77. The molecule has 2 N–H and O–H groups in total. The molecule has 0 aliphatic heterocycles. The quantitative estimate of drug-likeness (QED) is 0.0298. The van der Waals surface area contributed by atoms with Gasteiger partial charge in [-0.3, -0.25) is 9.36 Å². The van der Waals surface area contributed by atoms with E-state index in [1.165, 1.54) is 77.0 Å². The van der Waals surface area contributed by atoms with Gasteiger partial charge in [-0.2, -0.15) is 0 Å². The number of phosphoric acid groups is 1. The number of allylic oxidation sites excluding steroid dienone is 7. The van der Waals surface area contributed by atoms with Crippen LogP contribution in [-0.4, -0.2) is 68.5 Å². The van der Waals surface area contributed by atoms with Gasteiger partial charge in [0.25, 0.3) is 7.82 Å². The minimum absolute atomic E-state index is 0.0112. The molecular weight excluding hydrogens is 635 g/mol. The van der Waals surface area contributed by atoms with Crippen molar-refractivity contribution in [3.63, 3.8) is 0 Å². The van der Waals surface area contributed by atoms with Gasteiger partial charge >= 0.3 is 0 Å². The topological polar surface area (TPSA) is 108 Å². The van der Waals surface area contributed by atoms with E-state index in [2.05, 4.69) is 55.6 Å². The summed E-state index contributed by atoms with van der Waals surface area (Å²) in [6.07, 6.45) is 38.7. The molecule has 0 aliphatic carbocycles. The second kappa shape index (κ2) is 32.4. The number of hydrogen-bond acceptors (Lipinski definition) is 6. The number of nitrogens with zero attached hydrogens (tertiary/aromatic N) is 1. The van der Waals surface area contributed by atoms with Crippen molar-refractivity contribution in [3.8, 4) is 0 Å². The predicted molar refractivity (Wildman–Crippen MR) is 205 cm³/mol. The summed E-state index contributed by atoms with van der Waals surface area (Å²) >= 11 is 0. The molecule has 0 fully saturated rings. The molecule has 286 valence electrons. The number of amides is 1. The number of carbonyl (C=O) groups excluding carboxylic acids is 1. The molecule has 49 heavy (non-hydrogen) atoms. The number of rotatable bonds is 34. The van der Waals surface area contributed by atoms with E-state index in [0.717, 1.165) is 51.4 Å². The van der Waals surface area contributed by atoms with Crippen LogP contribution >= 0.6 is 7.82 Å². The van der Waals surface area contributed by atoms with E-state index in [-0.39, 0.29) is 12.5 Å². The lowest BCUT2D eigenvalue weighted by atomic mass is 10.1. The Kier molecular flexibility index (Phi) is 31.4. The Balaban J connectivity index is 4.58. The van der Waals surface area contributed by atoms with E-state index in [1.54, 1.807) is 6.08 Å². The summed E-state index contributed by atoms with van der Waals surface area (Å²) in [5, 5.41) is 13.7. The van der Waals surface area contributed by atoms with Crippen LogP contribution in [0.2, 0.25) is 0 Å². The van der Waals surface area contributed by atoms with E-state index in [1.807, 2.05) is 27.2 Å². The van der Waals surface area contributed by atoms with Crippen LogP contribution in [0.3, 0.4) is 0 Å². The highest BCUT2D eigenvalue weighted by Crippen LogP contribution is 2.38. The number of carbonyl (C=O) groups is 1. The lowest BCUT2D eigenvalue weighted by Gasteiger charge is -2.29. The van der Waals surface area contributed by atoms with Crippen LogP contribution < -0.4 is 10.2 Å². The fourth-order valence-electron chi connectivity index (χ4n) is 5.04. The third kappa shape index (κ3) is 34.7. The third-order valence-corrected chi connectivity index (χ3v) is 9.20. The molecule has 3 atom stereocenters. The summed E-state index contributed by atoms with van der Waals surface area (Å²) in [4.78, 5) is 25.2. The monoisotopic (exact) mass is 711 g/mol. The van der Waals surface area contributed by atoms with Crippen molar-refractivity contribution >= 4 is 13.7 Å². The smallest absolute Gasteiger partial charge is 0.268 e. The molecule has 0 rings (SSSR count). The van der Waals surface area contributed by atoms with Crippen molar-refractivity contribution in [1.29, 1.82) is 0 Å². The Morgan fingerprint density at radius 1 is 0.694 bits per heavy atom. The molecule has 8 nitrogen and oxygen atoms in total. The lowest BCUT2D eigenvalue weighted by Crippen LogP contribution is -2.45. The second-order valence-corrected chi connectivity index (χ2v) is 15.7. The molecule has 0 aromatic rings. The van der Waals surface area contributed by atoms with Crippen LogP contribution in [0.25, 0.3) is 0 Å². The first kappa shape index (κ1) is 47.5. The number of unbranched alkanes of at least 4 members (excludes halogenated alkanes) is 15. The van der Waals surface area contributed by atoms with Crippen LogP contribution in [0.5, 0.6) is 0 Å². The van der Waals surface area contributed by atoms with Gasteiger partial charge < -0.3 is 28.8 Å². The van der Waals surface area contributed by atoms with Gasteiger partial charge in [-0.25, -0.2) is 0 Å². The van der Waals surface area contributed by atoms with Gasteiger partial charge in [0.2, 0.25) is 5.91 Å². The molecule has 9 heteroatoms. The summed E-state index contributed by atoms with van der Waals surface area (Å²) in [6, 6.07) is -0.909. The summed E-state index contributed by atoms with van der Waals surface area (Å²) in [5.74, 6) is -0.221. The van der Waals surface area contributed by atoms with Crippen LogP contribution in [0, 0.1) is 0 Å². The Morgan fingerprint density at radius 2 is 1.16 bits per heavy atom. The van der Waals surface area contributed by atoms with Crippen molar-refractivity contribution < 1.29 is 32.9 Å². The molecule has 0 aromatic carbocycles. The SMILES string of the molecule is CCCC/C=C/CC/C=C/CC/C=C/C(O)C(COP(=O)([O-])OCC[N+](C)(C)C)NC(=O)CCCCCCCCC/C=C\CCCCCC. The Labute approximate surface area is 301 Å². The van der Waals surface area contributed by atoms with Crippen LogP contribution in [0.1, 0.15) is 149 Å². The second-order valence-electron chi connectivity index (χ2n) is 14.3. The van der Waals surface area contributed by atoms with Crippen LogP contribution in [0.15, 0.2) is 48.6 Å². The van der Waals surface area contributed by atoms with E-state index in [4.69, 9.17) is 9.05 Å². The number of likely N-dealkylation sites (N-methyl/N-ethyl adjacent to an activating group) is 1. The largest absolute Gasteiger partial charge is 0.756 e. The van der Waals surface area contributed by atoms with E-state index >= 15 is 0 Å². The first-order valence-electron chi connectivity index (χ1n) is 19.5. The van der Waals surface area contributed by atoms with Crippen molar-refractivity contribution in [1.82, 2.24) is 5.32 Å². The van der Waals surface area contributed by atoms with E-state index in [0.29, 0.717) is 17.4 Å². The van der Waals surface area contributed by atoms with Gasteiger partial charge in [0, 0.05) is 6.42 Å². The zero-order valence-electron chi connectivity index (χ0n) is 32.1. The molecule has 0 aliphatic rings. The van der Waals surface area contributed by atoms with Gasteiger partial charge in [-0.05, 0) is 64.2 Å². The summed E-state index contributed by atoms with van der Waals surface area (Å²) in [7, 11) is 1.22. The summed E-state index contributed by atoms with van der Waals surface area (Å²) in [6.45, 7) is 4.52. The van der Waals surface area contributed by atoms with Gasteiger partial charge in [0.1, 0.15) is 13.2 Å². The van der Waals surface area contributed by atoms with E-state index < -0.39 is 26.6 Å². The number of nitrogens with one attached hydrogen (secondary N) is 1. The maximum atomic E-state index is 12.8. The van der Waals surface area contributed by atoms with E-state index in [9.17, 15) is 19.4 Å². The third-order valence-electron chi connectivity index (χ3n) is 8.24. The maximum absolute atomic E-state index is 12.8. The molecular formula is C40H75N2O6P. The zero-order valence-corrected chi connectivity index (χ0v) is 33.0. The summed E-state index contributed by atoms with van der Waals surface area (Å²) < 4.78 is 23.1. The number of quaternary nitrogens is 1. The van der Waals surface area contributed by atoms with Crippen molar-refractivity contribution in [2.45, 2.75) is 161 Å². The average molecular weight is 711 g/mol. The van der Waals surface area contributed by atoms with Gasteiger partial charge in [-0.1, -0.05) is 127 Å². The molecule has 3 unspecified atom stereocenters. The van der Waals surface area contributed by atoms with Crippen molar-refractivity contribution in [2.24, 2.45) is 0 Å². The highest BCUT2D eigenvalue weighted by Gasteiger charge is 2.23. The summed E-state index contributed by atoms with van der Waals surface area (Å²) in [5.41, 5.74) is 0. The molecule has 0 saturated heterocycles.